The second kappa shape index (κ2) is 3.91. The van der Waals surface area contributed by atoms with Crippen molar-refractivity contribution in [3.63, 3.8) is 0 Å². The lowest BCUT2D eigenvalue weighted by Gasteiger charge is -2.03. The van der Waals surface area contributed by atoms with Crippen molar-refractivity contribution in [2.45, 2.75) is 0 Å². The number of pyridine rings is 1. The molecule has 3 N–H and O–H groups in total. The lowest BCUT2D eigenvalue weighted by molar-refractivity contribution is 1.24. The summed E-state index contributed by atoms with van der Waals surface area (Å²) in [6, 6.07) is 11.9. The predicted molar refractivity (Wildman–Crippen MR) is 61.6 cm³/mol. The van der Waals surface area contributed by atoms with E-state index in [2.05, 4.69) is 4.98 Å². The Balaban J connectivity index is 2.58. The average molecular weight is 211 g/mol. The summed E-state index contributed by atoms with van der Waals surface area (Å²) in [6.07, 6.45) is 0. The summed E-state index contributed by atoms with van der Waals surface area (Å²) in [7, 11) is 0. The Kier molecular flexibility index (Phi) is 2.44. The van der Waals surface area contributed by atoms with Crippen LogP contribution in [-0.2, 0) is 0 Å². The SMILES string of the molecule is N#Cc1cc(-c2cccc(=O)[nH]2)ccc1N. The Morgan fingerprint density at radius 2 is 2.06 bits per heavy atom. The van der Waals surface area contributed by atoms with Gasteiger partial charge in [-0.2, -0.15) is 5.26 Å². The Hall–Kier alpha value is -2.54. The van der Waals surface area contributed by atoms with Gasteiger partial charge in [0.25, 0.3) is 0 Å². The Morgan fingerprint density at radius 3 is 2.75 bits per heavy atom. The third-order valence-electron chi connectivity index (χ3n) is 2.25. The summed E-state index contributed by atoms with van der Waals surface area (Å²) >= 11 is 0. The highest BCUT2D eigenvalue weighted by molar-refractivity contribution is 5.67. The van der Waals surface area contributed by atoms with E-state index >= 15 is 0 Å². The van der Waals surface area contributed by atoms with Crippen LogP contribution in [0.3, 0.4) is 0 Å². The first-order valence-corrected chi connectivity index (χ1v) is 4.70. The summed E-state index contributed by atoms with van der Waals surface area (Å²) in [5, 5.41) is 8.84. The van der Waals surface area contributed by atoms with Gasteiger partial charge in [-0.3, -0.25) is 4.79 Å². The highest BCUT2D eigenvalue weighted by Gasteiger charge is 2.02. The zero-order valence-electron chi connectivity index (χ0n) is 8.40. The third kappa shape index (κ3) is 1.79. The van der Waals surface area contributed by atoms with Crippen molar-refractivity contribution >= 4 is 5.69 Å². The van der Waals surface area contributed by atoms with Gasteiger partial charge in [-0.15, -0.1) is 0 Å². The molecule has 2 aromatic rings. The van der Waals surface area contributed by atoms with Crippen LogP contribution in [0, 0.1) is 11.3 Å². The van der Waals surface area contributed by atoms with Gasteiger partial charge in [-0.25, -0.2) is 0 Å². The zero-order valence-corrected chi connectivity index (χ0v) is 8.40. The van der Waals surface area contributed by atoms with Crippen LogP contribution in [0.1, 0.15) is 5.56 Å². The molecule has 1 aromatic heterocycles. The molecule has 0 bridgehead atoms. The van der Waals surface area contributed by atoms with Crippen LogP contribution in [0.15, 0.2) is 41.2 Å². The van der Waals surface area contributed by atoms with Gasteiger partial charge >= 0.3 is 0 Å². The number of aromatic nitrogens is 1. The fourth-order valence-electron chi connectivity index (χ4n) is 1.44. The first kappa shape index (κ1) is 9.99. The van der Waals surface area contributed by atoms with Gasteiger partial charge in [0.1, 0.15) is 6.07 Å². The number of nitrogen functional groups attached to an aromatic ring is 1. The molecule has 78 valence electrons. The molecule has 1 heterocycles. The standard InChI is InChI=1S/C12H9N3O/c13-7-9-6-8(4-5-10(9)14)11-2-1-3-12(16)15-11/h1-6H,14H2,(H,15,16). The number of anilines is 1. The quantitative estimate of drug-likeness (QED) is 0.701. The predicted octanol–water partition coefficient (Wildman–Crippen LogP) is 1.50. The van der Waals surface area contributed by atoms with E-state index in [-0.39, 0.29) is 5.56 Å². The largest absolute Gasteiger partial charge is 0.398 e. The fourth-order valence-corrected chi connectivity index (χ4v) is 1.44. The molecule has 0 saturated heterocycles. The van der Waals surface area contributed by atoms with E-state index in [1.807, 2.05) is 6.07 Å². The van der Waals surface area contributed by atoms with Gasteiger partial charge in [0.2, 0.25) is 5.56 Å². The number of rotatable bonds is 1. The molecule has 16 heavy (non-hydrogen) atoms. The Bertz CT molecular complexity index is 623. The number of nitrogens with two attached hydrogens (primary N) is 1. The zero-order chi connectivity index (χ0) is 11.5. The molecule has 0 aliphatic rings. The maximum atomic E-state index is 11.1. The highest BCUT2D eigenvalue weighted by Crippen LogP contribution is 2.20. The summed E-state index contributed by atoms with van der Waals surface area (Å²) in [5.74, 6) is 0. The summed E-state index contributed by atoms with van der Waals surface area (Å²) < 4.78 is 0. The van der Waals surface area contributed by atoms with Crippen LogP contribution in [0.25, 0.3) is 11.3 Å². The average Bonchev–Trinajstić information content (AvgIpc) is 2.29. The van der Waals surface area contributed by atoms with E-state index in [0.717, 1.165) is 5.56 Å². The van der Waals surface area contributed by atoms with Crippen LogP contribution in [0.4, 0.5) is 5.69 Å². The molecule has 0 radical (unpaired) electrons. The summed E-state index contributed by atoms with van der Waals surface area (Å²) in [4.78, 5) is 13.8. The molecule has 0 saturated carbocycles. The van der Waals surface area contributed by atoms with Gasteiger partial charge in [0.05, 0.1) is 5.56 Å². The second-order valence-corrected chi connectivity index (χ2v) is 3.34. The summed E-state index contributed by atoms with van der Waals surface area (Å²) in [6.45, 7) is 0. The molecule has 4 nitrogen and oxygen atoms in total. The van der Waals surface area contributed by atoms with Crippen molar-refractivity contribution in [3.8, 4) is 17.3 Å². The van der Waals surface area contributed by atoms with Crippen LogP contribution < -0.4 is 11.3 Å². The molecule has 0 aliphatic carbocycles. The van der Waals surface area contributed by atoms with E-state index in [1.165, 1.54) is 6.07 Å². The second-order valence-electron chi connectivity index (χ2n) is 3.34. The molecular weight excluding hydrogens is 202 g/mol. The number of H-pyrrole nitrogens is 1. The summed E-state index contributed by atoms with van der Waals surface area (Å²) in [5.41, 5.74) is 7.72. The van der Waals surface area contributed by atoms with Crippen molar-refractivity contribution < 1.29 is 0 Å². The molecule has 0 aliphatic heterocycles. The van der Waals surface area contributed by atoms with E-state index in [1.54, 1.807) is 30.3 Å². The van der Waals surface area contributed by atoms with Crippen molar-refractivity contribution in [1.29, 1.82) is 5.26 Å². The molecule has 0 unspecified atom stereocenters. The van der Waals surface area contributed by atoms with Crippen molar-refractivity contribution in [1.82, 2.24) is 4.98 Å². The first-order valence-electron chi connectivity index (χ1n) is 4.70. The van der Waals surface area contributed by atoms with E-state index in [4.69, 9.17) is 11.0 Å². The minimum Gasteiger partial charge on any atom is -0.398 e. The van der Waals surface area contributed by atoms with Gasteiger partial charge < -0.3 is 10.7 Å². The maximum Gasteiger partial charge on any atom is 0.248 e. The molecule has 1 aromatic carbocycles. The molecular formula is C12H9N3O. The van der Waals surface area contributed by atoms with E-state index < -0.39 is 0 Å². The normalized spacial score (nSPS) is 9.69. The molecule has 4 heteroatoms. The number of hydrogen-bond acceptors (Lipinski definition) is 3. The smallest absolute Gasteiger partial charge is 0.248 e. The maximum absolute atomic E-state index is 11.1. The minimum absolute atomic E-state index is 0.173. The molecule has 0 spiro atoms. The van der Waals surface area contributed by atoms with Crippen molar-refractivity contribution in [2.75, 3.05) is 5.73 Å². The topological polar surface area (TPSA) is 82.7 Å². The van der Waals surface area contributed by atoms with Gasteiger partial charge in [0, 0.05) is 17.4 Å². The third-order valence-corrected chi connectivity index (χ3v) is 2.25. The van der Waals surface area contributed by atoms with Crippen molar-refractivity contribution in [3.05, 3.63) is 52.3 Å². The number of benzene rings is 1. The Morgan fingerprint density at radius 1 is 1.25 bits per heavy atom. The lowest BCUT2D eigenvalue weighted by Crippen LogP contribution is -2.03. The van der Waals surface area contributed by atoms with Crippen LogP contribution >= 0.6 is 0 Å². The monoisotopic (exact) mass is 211 g/mol. The van der Waals surface area contributed by atoms with Gasteiger partial charge in [-0.05, 0) is 23.8 Å². The first-order chi connectivity index (χ1) is 7.70. The number of nitriles is 1. The van der Waals surface area contributed by atoms with Crippen LogP contribution in [0.5, 0.6) is 0 Å². The van der Waals surface area contributed by atoms with Crippen LogP contribution in [-0.4, -0.2) is 4.98 Å². The minimum atomic E-state index is -0.173. The van der Waals surface area contributed by atoms with Gasteiger partial charge in [0.15, 0.2) is 0 Å². The molecule has 2 rings (SSSR count). The van der Waals surface area contributed by atoms with E-state index in [0.29, 0.717) is 16.9 Å². The highest BCUT2D eigenvalue weighted by atomic mass is 16.1. The molecule has 0 atom stereocenters. The van der Waals surface area contributed by atoms with Crippen molar-refractivity contribution in [2.24, 2.45) is 0 Å². The van der Waals surface area contributed by atoms with Crippen LogP contribution in [0.2, 0.25) is 0 Å². The van der Waals surface area contributed by atoms with Gasteiger partial charge in [-0.1, -0.05) is 12.1 Å². The molecule has 0 amide bonds. The fraction of sp³-hybridized carbons (Fsp3) is 0. The molecule has 0 fully saturated rings. The number of nitrogens with zero attached hydrogens (tertiary/aromatic N) is 1. The Labute approximate surface area is 92.0 Å². The number of hydrogen-bond donors (Lipinski definition) is 2. The number of nitrogens with one attached hydrogen (secondary N) is 1. The number of aromatic amines is 1. The van der Waals surface area contributed by atoms with E-state index in [9.17, 15) is 4.79 Å². The lowest BCUT2D eigenvalue weighted by atomic mass is 10.1.